The van der Waals surface area contributed by atoms with Crippen LogP contribution in [-0.4, -0.2) is 102 Å². The van der Waals surface area contributed by atoms with Gasteiger partial charge >= 0.3 is 6.09 Å². The van der Waals surface area contributed by atoms with Gasteiger partial charge in [-0.1, -0.05) is 24.6 Å². The predicted molar refractivity (Wildman–Crippen MR) is 212 cm³/mol. The van der Waals surface area contributed by atoms with Crippen molar-refractivity contribution in [2.45, 2.75) is 58.1 Å². The highest BCUT2D eigenvalue weighted by molar-refractivity contribution is 7.90. The summed E-state index contributed by atoms with van der Waals surface area (Å²) in [6.45, 7) is 12.9. The molecule has 2 aromatic carbocycles. The quantitative estimate of drug-likeness (QED) is 0.0865. The van der Waals surface area contributed by atoms with Crippen LogP contribution < -0.4 is 16.0 Å². The summed E-state index contributed by atoms with van der Waals surface area (Å²) in [5.74, 6) is -0.0915. The second-order valence-electron chi connectivity index (χ2n) is 13.8. The Morgan fingerprint density at radius 2 is 1.46 bits per heavy atom. The van der Waals surface area contributed by atoms with E-state index >= 15 is 0 Å². The lowest BCUT2D eigenvalue weighted by molar-refractivity contribution is 0.0145. The first-order valence-corrected chi connectivity index (χ1v) is 19.9. The Kier molecular flexibility index (Phi) is 14.5. The predicted octanol–water partition coefficient (Wildman–Crippen LogP) is 5.30. The maximum Gasteiger partial charge on any atom is 0.407 e. The summed E-state index contributed by atoms with van der Waals surface area (Å²) in [4.78, 5) is 33.9. The first kappa shape index (κ1) is 41.8. The van der Waals surface area contributed by atoms with Crippen LogP contribution >= 0.6 is 0 Å². The molecule has 5 rings (SSSR count). The molecule has 0 radical (unpaired) electrons. The van der Waals surface area contributed by atoms with E-state index in [1.807, 2.05) is 17.8 Å². The largest absolute Gasteiger partial charge is 0.444 e. The van der Waals surface area contributed by atoms with Gasteiger partial charge in [-0.3, -0.25) is 9.48 Å². The van der Waals surface area contributed by atoms with Gasteiger partial charge in [-0.25, -0.2) is 22.2 Å². The minimum absolute atomic E-state index is 0.141. The molecule has 0 saturated heterocycles. The number of aromatic nitrogens is 5. The fourth-order valence-corrected chi connectivity index (χ4v) is 6.67. The molecule has 5 aromatic rings. The third-order valence-electron chi connectivity index (χ3n) is 8.04. The van der Waals surface area contributed by atoms with Crippen LogP contribution in [0.15, 0.2) is 78.1 Å². The summed E-state index contributed by atoms with van der Waals surface area (Å²) in [5.41, 5.74) is 2.89. The van der Waals surface area contributed by atoms with Crippen LogP contribution in [0.25, 0.3) is 22.3 Å². The van der Waals surface area contributed by atoms with Gasteiger partial charge in [-0.15, -0.1) is 0 Å². The third-order valence-corrected chi connectivity index (χ3v) is 9.72. The second kappa shape index (κ2) is 19.5. The van der Waals surface area contributed by atoms with Gasteiger partial charge in [0.1, 0.15) is 5.60 Å². The number of carbonyl (C=O) groups is 2. The molecular formula is C39H50N8O8S. The minimum atomic E-state index is -3.97. The molecular weight excluding hydrogens is 741 g/mol. The van der Waals surface area contributed by atoms with Gasteiger partial charge < -0.3 is 34.9 Å². The molecule has 0 unspecified atom stereocenters. The number of anilines is 2. The van der Waals surface area contributed by atoms with E-state index in [1.165, 1.54) is 6.20 Å². The van der Waals surface area contributed by atoms with Crippen LogP contribution in [-0.2, 0) is 35.5 Å². The Labute approximate surface area is 327 Å². The number of nitrogens with zero attached hydrogens (tertiary/aromatic N) is 5. The van der Waals surface area contributed by atoms with E-state index in [2.05, 4.69) is 33.0 Å². The number of nitrogens with one attached hydrogen (secondary N) is 3. The minimum Gasteiger partial charge on any atom is -0.444 e. The van der Waals surface area contributed by atoms with E-state index in [9.17, 15) is 18.0 Å². The van der Waals surface area contributed by atoms with E-state index < -0.39 is 21.7 Å². The van der Waals surface area contributed by atoms with Crippen molar-refractivity contribution in [2.24, 2.45) is 0 Å². The van der Waals surface area contributed by atoms with Crippen molar-refractivity contribution in [1.29, 1.82) is 0 Å². The van der Waals surface area contributed by atoms with Crippen molar-refractivity contribution in [3.63, 3.8) is 0 Å². The molecule has 2 amide bonds. The normalized spacial score (nSPS) is 11.8. The van der Waals surface area contributed by atoms with Gasteiger partial charge in [-0.2, -0.15) is 10.1 Å². The zero-order valence-corrected chi connectivity index (χ0v) is 33.2. The van der Waals surface area contributed by atoms with Crippen molar-refractivity contribution in [2.75, 3.05) is 58.0 Å². The number of fused-ring (bicyclic) bond motifs is 1. The lowest BCUT2D eigenvalue weighted by Crippen LogP contribution is -2.34. The van der Waals surface area contributed by atoms with Crippen molar-refractivity contribution in [3.05, 3.63) is 84.3 Å². The molecule has 300 valence electrons. The lowest BCUT2D eigenvalue weighted by Gasteiger charge is -2.19. The average Bonchev–Trinajstić information content (AvgIpc) is 3.81. The Morgan fingerprint density at radius 3 is 2.11 bits per heavy atom. The summed E-state index contributed by atoms with van der Waals surface area (Å²) in [7, 11) is -3.97. The van der Waals surface area contributed by atoms with Crippen molar-refractivity contribution in [3.8, 4) is 11.3 Å². The standard InChI is InChI=1S/C39H50N8O8S/c1-6-18-46-27-30(26-42-46)34-33-15-19-47(56(50,51)32-13-7-28(2)8-14-32)35(33)45-37(44-34)43-31-11-9-29(10-12-31)36(48)40-16-20-52-22-24-54-25-23-53-21-17-41-38(49)55-39(3,4)5/h7-15,19,26-27H,6,16-18,20-25H2,1-5H3,(H,40,48)(H,41,49)(H,43,44,45). The Hall–Kier alpha value is -5.36. The monoisotopic (exact) mass is 790 g/mol. The summed E-state index contributed by atoms with van der Waals surface area (Å²) in [6, 6.07) is 15.1. The molecule has 3 aromatic heterocycles. The molecule has 0 aliphatic carbocycles. The number of carbonyl (C=O) groups excluding carboxylic acids is 2. The smallest absolute Gasteiger partial charge is 0.407 e. The Morgan fingerprint density at radius 1 is 0.821 bits per heavy atom. The maximum atomic E-state index is 13.8. The Balaban J connectivity index is 1.11. The topological polar surface area (TPSA) is 190 Å². The number of ether oxygens (including phenoxy) is 4. The lowest BCUT2D eigenvalue weighted by atomic mass is 10.2. The molecule has 0 atom stereocenters. The number of amides is 2. The van der Waals surface area contributed by atoms with Crippen LogP contribution in [0, 0.1) is 6.92 Å². The fourth-order valence-electron chi connectivity index (χ4n) is 5.38. The highest BCUT2D eigenvalue weighted by atomic mass is 32.2. The van der Waals surface area contributed by atoms with Crippen LogP contribution in [0.2, 0.25) is 0 Å². The van der Waals surface area contributed by atoms with E-state index in [1.54, 1.807) is 81.6 Å². The first-order valence-electron chi connectivity index (χ1n) is 18.4. The van der Waals surface area contributed by atoms with Crippen LogP contribution in [0.3, 0.4) is 0 Å². The van der Waals surface area contributed by atoms with Crippen molar-refractivity contribution < 1.29 is 37.0 Å². The van der Waals surface area contributed by atoms with Gasteiger partial charge in [0, 0.05) is 54.2 Å². The number of benzene rings is 2. The van der Waals surface area contributed by atoms with Gasteiger partial charge in [0.15, 0.2) is 5.65 Å². The molecule has 0 bridgehead atoms. The molecule has 0 aliphatic heterocycles. The third kappa shape index (κ3) is 11.8. The summed E-state index contributed by atoms with van der Waals surface area (Å²) < 4.78 is 52.1. The summed E-state index contributed by atoms with van der Waals surface area (Å²) in [6.07, 6.45) is 5.48. The van der Waals surface area contributed by atoms with E-state index in [-0.39, 0.29) is 22.4 Å². The highest BCUT2D eigenvalue weighted by Gasteiger charge is 2.23. The molecule has 0 spiro atoms. The van der Waals surface area contributed by atoms with Gasteiger partial charge in [0.05, 0.1) is 56.4 Å². The SMILES string of the molecule is CCCn1cc(-c2nc(Nc3ccc(C(=O)NCCOCCOCCOCCNC(=O)OC(C)(C)C)cc3)nc3c2ccn3S(=O)(=O)c2ccc(C)cc2)cn1. The number of alkyl carbamates (subject to hydrolysis) is 1. The molecule has 3 heterocycles. The molecule has 16 nitrogen and oxygen atoms in total. The number of rotatable bonds is 20. The first-order chi connectivity index (χ1) is 26.8. The maximum absolute atomic E-state index is 13.8. The fraction of sp³-hybridized carbons (Fsp3) is 0.410. The zero-order chi connectivity index (χ0) is 40.1. The van der Waals surface area contributed by atoms with Gasteiger partial charge in [-0.05, 0) is 76.6 Å². The van der Waals surface area contributed by atoms with E-state index in [0.717, 1.165) is 28.1 Å². The molecule has 3 N–H and O–H groups in total. The summed E-state index contributed by atoms with van der Waals surface area (Å²) >= 11 is 0. The number of hydrogen-bond donors (Lipinski definition) is 3. The second-order valence-corrected chi connectivity index (χ2v) is 15.6. The number of hydrogen-bond acceptors (Lipinski definition) is 12. The highest BCUT2D eigenvalue weighted by Crippen LogP contribution is 2.31. The molecule has 17 heteroatoms. The van der Waals surface area contributed by atoms with Crippen LogP contribution in [0.5, 0.6) is 0 Å². The van der Waals surface area contributed by atoms with E-state index in [0.29, 0.717) is 75.1 Å². The van der Waals surface area contributed by atoms with Crippen molar-refractivity contribution >= 4 is 44.7 Å². The molecule has 56 heavy (non-hydrogen) atoms. The zero-order valence-electron chi connectivity index (χ0n) is 32.4. The Bertz CT molecular complexity index is 2160. The molecule has 0 aliphatic rings. The van der Waals surface area contributed by atoms with Crippen LogP contribution in [0.1, 0.15) is 50.0 Å². The van der Waals surface area contributed by atoms with E-state index in [4.69, 9.17) is 23.9 Å². The summed E-state index contributed by atoms with van der Waals surface area (Å²) in [5, 5.41) is 13.6. The van der Waals surface area contributed by atoms with Crippen LogP contribution in [0.4, 0.5) is 16.4 Å². The van der Waals surface area contributed by atoms with Gasteiger partial charge in [0.25, 0.3) is 15.9 Å². The molecule has 0 fully saturated rings. The van der Waals surface area contributed by atoms with Crippen molar-refractivity contribution in [1.82, 2.24) is 34.4 Å². The molecule has 0 saturated carbocycles. The number of aryl methyl sites for hydroxylation is 2. The van der Waals surface area contributed by atoms with Gasteiger partial charge in [0.2, 0.25) is 5.95 Å². The average molecular weight is 791 g/mol.